The van der Waals surface area contributed by atoms with Crippen LogP contribution in [0, 0.1) is 0 Å². The fourth-order valence-electron chi connectivity index (χ4n) is 5.81. The number of aliphatic hydroxyl groups is 13. The summed E-state index contributed by atoms with van der Waals surface area (Å²) in [7, 11) is 0. The number of nitrogens with one attached hydrogen (secondary N) is 1. The highest BCUT2D eigenvalue weighted by Crippen LogP contribution is 2.32. The Labute approximate surface area is 250 Å². The summed E-state index contributed by atoms with van der Waals surface area (Å²) < 4.78 is 27.4. The average molecular weight is 646 g/mol. The van der Waals surface area contributed by atoms with E-state index in [4.69, 9.17) is 23.7 Å². The molecule has 1 aliphatic carbocycles. The second-order valence-electron chi connectivity index (χ2n) is 11.4. The Kier molecular flexibility index (Phi) is 12.1. The monoisotopic (exact) mass is 645 g/mol. The first-order valence-corrected chi connectivity index (χ1v) is 14.1. The Morgan fingerprint density at radius 1 is 0.636 bits per heavy atom. The van der Waals surface area contributed by atoms with E-state index in [0.717, 1.165) is 0 Å². The van der Waals surface area contributed by atoms with E-state index in [0.29, 0.717) is 0 Å². The summed E-state index contributed by atoms with van der Waals surface area (Å²) in [6.45, 7) is -0.753. The van der Waals surface area contributed by atoms with Crippen LogP contribution in [-0.2, 0) is 23.7 Å². The third-order valence-corrected chi connectivity index (χ3v) is 8.48. The second kappa shape index (κ2) is 14.8. The van der Waals surface area contributed by atoms with Gasteiger partial charge in [0.25, 0.3) is 0 Å². The molecule has 0 radical (unpaired) electrons. The lowest BCUT2D eigenvalue weighted by atomic mass is 9.86. The van der Waals surface area contributed by atoms with Gasteiger partial charge in [-0.25, -0.2) is 0 Å². The third-order valence-electron chi connectivity index (χ3n) is 8.48. The molecular formula is C25H43NO18. The fraction of sp³-hybridized carbons (Fsp3) is 0.920. The first-order chi connectivity index (χ1) is 20.7. The van der Waals surface area contributed by atoms with E-state index in [-0.39, 0.29) is 5.57 Å². The minimum atomic E-state index is -1.93. The molecule has 0 spiro atoms. The van der Waals surface area contributed by atoms with Gasteiger partial charge in [0.1, 0.15) is 79.4 Å². The minimum absolute atomic E-state index is 0.0225. The fourth-order valence-corrected chi connectivity index (χ4v) is 5.81. The van der Waals surface area contributed by atoms with Gasteiger partial charge in [0.05, 0.1) is 38.0 Å². The Balaban J connectivity index is 1.42. The molecule has 0 aromatic carbocycles. The SMILES string of the molecule is C[C@@H]1O[C@H](O[C@H]2[C@H](O)[C@@H](O)[C@@H](O[C@H]3[C@H](O)[C@@H](O)[C@H](O)O[C@H]3CO)O[C@H]2CO)[C@H](O)[C@@H](O)[C@@H]1N[C@H]1C=C(CO)[C@@H](O)[C@H](O)[C@@H]1O. The van der Waals surface area contributed by atoms with Gasteiger partial charge >= 0.3 is 0 Å². The van der Waals surface area contributed by atoms with Gasteiger partial charge in [-0.15, -0.1) is 0 Å². The van der Waals surface area contributed by atoms with Crippen LogP contribution in [0.3, 0.4) is 0 Å². The van der Waals surface area contributed by atoms with Crippen LogP contribution >= 0.6 is 0 Å². The highest BCUT2D eigenvalue weighted by molar-refractivity contribution is 5.22. The summed E-state index contributed by atoms with van der Waals surface area (Å²) in [4.78, 5) is 0. The van der Waals surface area contributed by atoms with Crippen molar-refractivity contribution in [1.82, 2.24) is 5.32 Å². The van der Waals surface area contributed by atoms with Crippen LogP contribution in [0.2, 0.25) is 0 Å². The lowest BCUT2D eigenvalue weighted by Crippen LogP contribution is -2.68. The van der Waals surface area contributed by atoms with Crippen LogP contribution < -0.4 is 5.32 Å². The molecule has 0 saturated carbocycles. The lowest BCUT2D eigenvalue weighted by Gasteiger charge is -2.48. The molecule has 0 aromatic heterocycles. The van der Waals surface area contributed by atoms with Crippen LogP contribution in [0.25, 0.3) is 0 Å². The zero-order chi connectivity index (χ0) is 32.6. The highest BCUT2D eigenvalue weighted by Gasteiger charge is 2.53. The van der Waals surface area contributed by atoms with Gasteiger partial charge in [-0.05, 0) is 12.5 Å². The van der Waals surface area contributed by atoms with Gasteiger partial charge in [-0.1, -0.05) is 6.08 Å². The molecule has 19 nitrogen and oxygen atoms in total. The van der Waals surface area contributed by atoms with Gasteiger partial charge in [0.2, 0.25) is 0 Å². The number of rotatable bonds is 9. The number of ether oxygens (including phenoxy) is 5. The van der Waals surface area contributed by atoms with Crippen LogP contribution in [0.5, 0.6) is 0 Å². The van der Waals surface area contributed by atoms with E-state index in [9.17, 15) is 66.4 Å². The van der Waals surface area contributed by atoms with E-state index in [1.165, 1.54) is 13.0 Å². The molecule has 44 heavy (non-hydrogen) atoms. The van der Waals surface area contributed by atoms with Crippen molar-refractivity contribution in [3.8, 4) is 0 Å². The summed E-state index contributed by atoms with van der Waals surface area (Å²) in [5.74, 6) is 0. The zero-order valence-corrected chi connectivity index (χ0v) is 23.5. The Bertz CT molecular complexity index is 958. The highest BCUT2D eigenvalue weighted by atomic mass is 16.7. The number of aliphatic hydroxyl groups excluding tert-OH is 13. The second-order valence-corrected chi connectivity index (χ2v) is 11.4. The van der Waals surface area contributed by atoms with E-state index >= 15 is 0 Å². The molecule has 4 aliphatic rings. The van der Waals surface area contributed by atoms with Crippen molar-refractivity contribution < 1.29 is 90.1 Å². The van der Waals surface area contributed by atoms with Crippen molar-refractivity contribution in [1.29, 1.82) is 0 Å². The molecule has 256 valence electrons. The van der Waals surface area contributed by atoms with Gasteiger partial charge in [-0.3, -0.25) is 0 Å². The van der Waals surface area contributed by atoms with Crippen LogP contribution in [0.1, 0.15) is 6.92 Å². The van der Waals surface area contributed by atoms with E-state index in [2.05, 4.69) is 5.32 Å². The molecule has 3 heterocycles. The molecule has 19 atom stereocenters. The van der Waals surface area contributed by atoms with Gasteiger partial charge in [-0.2, -0.15) is 0 Å². The molecular weight excluding hydrogens is 602 g/mol. The van der Waals surface area contributed by atoms with Crippen LogP contribution in [0.4, 0.5) is 0 Å². The Morgan fingerprint density at radius 2 is 1.16 bits per heavy atom. The van der Waals surface area contributed by atoms with E-state index in [1.807, 2.05) is 0 Å². The maximum Gasteiger partial charge on any atom is 0.187 e. The largest absolute Gasteiger partial charge is 0.394 e. The van der Waals surface area contributed by atoms with Gasteiger partial charge < -0.3 is 95.4 Å². The predicted molar refractivity (Wildman–Crippen MR) is 138 cm³/mol. The summed E-state index contributed by atoms with van der Waals surface area (Å²) in [6, 6.07) is -2.17. The van der Waals surface area contributed by atoms with Crippen molar-refractivity contribution in [2.45, 2.75) is 123 Å². The number of hydrogen-bond donors (Lipinski definition) is 14. The normalized spacial score (nSPS) is 52.0. The number of hydrogen-bond acceptors (Lipinski definition) is 19. The van der Waals surface area contributed by atoms with Crippen LogP contribution in [-0.4, -0.2) is 203 Å². The molecule has 3 saturated heterocycles. The minimum Gasteiger partial charge on any atom is -0.394 e. The summed E-state index contributed by atoms with van der Waals surface area (Å²) in [5.41, 5.74) is 0.0225. The maximum atomic E-state index is 10.9. The standard InChI is InChI=1S/C25H43NO18/c1-6-11(26-8-2-7(3-27)12(30)15(33)13(8)31)14(32)19(37)24(40-6)43-22-10(5-29)42-25(20(38)17(22)35)44-21-9(4-28)41-23(39)18(36)16(21)34/h2,6,8-39H,3-5H2,1H3/t6-,8-,9-,10-,11+,12+,13+,14-,15-,16+,17+,18+,19+,20+,21+,22+,23+,24+,25+/m0/s1. The van der Waals surface area contributed by atoms with Gasteiger partial charge in [0.15, 0.2) is 18.9 Å². The summed E-state index contributed by atoms with van der Waals surface area (Å²) in [6.07, 6.45) is -26.6. The predicted octanol–water partition coefficient (Wildman–Crippen LogP) is -8.56. The molecule has 0 aromatic rings. The third kappa shape index (κ3) is 6.96. The molecule has 3 fully saturated rings. The molecule has 3 aliphatic heterocycles. The first kappa shape index (κ1) is 35.8. The average Bonchev–Trinajstić information content (AvgIpc) is 3.00. The van der Waals surface area contributed by atoms with Crippen molar-refractivity contribution >= 4 is 0 Å². The smallest absolute Gasteiger partial charge is 0.187 e. The van der Waals surface area contributed by atoms with Crippen LogP contribution in [0.15, 0.2) is 11.6 Å². The topological polar surface area (TPSA) is 321 Å². The molecule has 0 bridgehead atoms. The summed E-state index contributed by atoms with van der Waals surface area (Å²) in [5, 5.41) is 136. The molecule has 0 amide bonds. The Morgan fingerprint density at radius 3 is 1.73 bits per heavy atom. The quantitative estimate of drug-likeness (QED) is 0.103. The van der Waals surface area contributed by atoms with Crippen molar-refractivity contribution in [3.63, 3.8) is 0 Å². The molecule has 4 rings (SSSR count). The van der Waals surface area contributed by atoms with Crippen molar-refractivity contribution in [2.24, 2.45) is 0 Å². The molecule has 0 unspecified atom stereocenters. The lowest BCUT2D eigenvalue weighted by molar-refractivity contribution is -0.373. The zero-order valence-electron chi connectivity index (χ0n) is 23.5. The summed E-state index contributed by atoms with van der Waals surface area (Å²) >= 11 is 0. The van der Waals surface area contributed by atoms with Gasteiger partial charge in [0, 0.05) is 0 Å². The molecule has 14 N–H and O–H groups in total. The Hall–Kier alpha value is -1.02. The first-order valence-electron chi connectivity index (χ1n) is 14.1. The van der Waals surface area contributed by atoms with E-state index < -0.39 is 136 Å². The van der Waals surface area contributed by atoms with E-state index in [1.54, 1.807) is 0 Å². The maximum absolute atomic E-state index is 10.9. The van der Waals surface area contributed by atoms with Crippen molar-refractivity contribution in [3.05, 3.63) is 11.6 Å². The molecule has 19 heteroatoms. The van der Waals surface area contributed by atoms with Crippen molar-refractivity contribution in [2.75, 3.05) is 19.8 Å².